The zero-order valence-corrected chi connectivity index (χ0v) is 23.8. The van der Waals surface area contributed by atoms with Gasteiger partial charge in [0.25, 0.3) is 0 Å². The van der Waals surface area contributed by atoms with Crippen LogP contribution in [0.15, 0.2) is 52.5 Å². The number of rotatable bonds is 8. The first-order valence-corrected chi connectivity index (χ1v) is 13.1. The fourth-order valence-corrected chi connectivity index (χ4v) is 3.60. The molecule has 0 bridgehead atoms. The molecular weight excluding hydrogens is 440 g/mol. The van der Waals surface area contributed by atoms with Crippen LogP contribution in [-0.4, -0.2) is 38.8 Å². The molecule has 1 N–H and O–H groups in total. The molecule has 5 heteroatoms. The number of carbonyl (C=O) groups excluding carboxylic acids is 1. The van der Waals surface area contributed by atoms with Crippen molar-refractivity contribution in [1.82, 2.24) is 5.32 Å². The summed E-state index contributed by atoms with van der Waals surface area (Å²) in [7, 11) is 0. The van der Waals surface area contributed by atoms with E-state index in [1.807, 2.05) is 20.8 Å². The predicted octanol–water partition coefficient (Wildman–Crippen LogP) is 7.08. The van der Waals surface area contributed by atoms with Gasteiger partial charge in [-0.05, 0) is 57.2 Å². The minimum atomic E-state index is -0.0425. The first-order valence-electron chi connectivity index (χ1n) is 12.7. The molecule has 1 fully saturated rings. The van der Waals surface area contributed by atoms with Crippen LogP contribution in [0.1, 0.15) is 72.4 Å². The van der Waals surface area contributed by atoms with E-state index >= 15 is 0 Å². The number of nitrogens with one attached hydrogen (secondary N) is 1. The van der Waals surface area contributed by atoms with E-state index in [1.165, 1.54) is 28.0 Å². The standard InChI is InChI=1S/C14H23NO.C13H19NOS.C2H6/c1-6-12(5)14(16)15-10-13(7-2)9-8-11(3)4;1-3-11-4-5-12(13(16)10(11)2)14-6-8-15-9-7-14;1-2/h8-9H,5-7,10H2,1-4H3,(H,15,16);4-5,16H,3,6-9H2,1-2H3;1-2H3/b13-9+;;. The first-order chi connectivity index (χ1) is 16.2. The van der Waals surface area contributed by atoms with Gasteiger partial charge in [0, 0.05) is 30.1 Å². The van der Waals surface area contributed by atoms with E-state index in [4.69, 9.17) is 4.74 Å². The summed E-state index contributed by atoms with van der Waals surface area (Å²) in [5.74, 6) is -0.0425. The Bertz CT molecular complexity index is 818. The molecule has 0 spiro atoms. The molecule has 1 aromatic rings. The van der Waals surface area contributed by atoms with Gasteiger partial charge in [-0.15, -0.1) is 12.6 Å². The van der Waals surface area contributed by atoms with Gasteiger partial charge in [0.1, 0.15) is 0 Å². The number of ether oxygens (including phenoxy) is 1. The van der Waals surface area contributed by atoms with Crippen LogP contribution in [-0.2, 0) is 16.0 Å². The Balaban J connectivity index is 0.000000597. The Morgan fingerprint density at radius 2 is 1.74 bits per heavy atom. The second-order valence-corrected chi connectivity index (χ2v) is 8.68. The highest BCUT2D eigenvalue weighted by Crippen LogP contribution is 2.30. The molecule has 1 aliphatic heterocycles. The van der Waals surface area contributed by atoms with Crippen LogP contribution in [0.2, 0.25) is 0 Å². The van der Waals surface area contributed by atoms with E-state index in [0.29, 0.717) is 18.5 Å². The Morgan fingerprint density at radius 1 is 1.12 bits per heavy atom. The Kier molecular flexibility index (Phi) is 17.3. The van der Waals surface area contributed by atoms with Crippen molar-refractivity contribution in [2.75, 3.05) is 37.7 Å². The quantitative estimate of drug-likeness (QED) is 0.233. The summed E-state index contributed by atoms with van der Waals surface area (Å²) in [6, 6.07) is 4.42. The number of benzene rings is 1. The van der Waals surface area contributed by atoms with Crippen LogP contribution in [0.4, 0.5) is 5.69 Å². The molecule has 1 aliphatic rings. The second kappa shape index (κ2) is 18.4. The van der Waals surface area contributed by atoms with E-state index in [1.54, 1.807) is 0 Å². The van der Waals surface area contributed by atoms with E-state index < -0.39 is 0 Å². The van der Waals surface area contributed by atoms with Gasteiger partial charge in [0.2, 0.25) is 5.91 Å². The number of aryl methyl sites for hydroxylation is 1. The molecule has 1 amide bonds. The highest BCUT2D eigenvalue weighted by atomic mass is 32.1. The fraction of sp³-hybridized carbons (Fsp3) is 0.552. The zero-order valence-electron chi connectivity index (χ0n) is 22.9. The number of thiol groups is 1. The maximum absolute atomic E-state index is 11.5. The molecule has 1 aromatic carbocycles. The minimum Gasteiger partial charge on any atom is -0.378 e. The summed E-state index contributed by atoms with van der Waals surface area (Å²) in [5.41, 5.74) is 7.07. The molecule has 0 unspecified atom stereocenters. The summed E-state index contributed by atoms with van der Waals surface area (Å²) in [5, 5.41) is 2.87. The lowest BCUT2D eigenvalue weighted by Crippen LogP contribution is -2.36. The summed E-state index contributed by atoms with van der Waals surface area (Å²) in [6.45, 7) is 24.4. The Morgan fingerprint density at radius 3 is 2.24 bits per heavy atom. The van der Waals surface area contributed by atoms with Gasteiger partial charge in [-0.1, -0.05) is 70.6 Å². The molecule has 1 saturated heterocycles. The first kappa shape index (κ1) is 32.0. The van der Waals surface area contributed by atoms with Crippen molar-refractivity contribution >= 4 is 24.2 Å². The smallest absolute Gasteiger partial charge is 0.246 e. The molecule has 0 aromatic heterocycles. The van der Waals surface area contributed by atoms with Crippen LogP contribution in [0.5, 0.6) is 0 Å². The third-order valence-electron chi connectivity index (χ3n) is 5.58. The maximum atomic E-state index is 11.5. The molecule has 192 valence electrons. The number of nitrogens with zero attached hydrogens (tertiary/aromatic N) is 1. The number of hydrogen-bond donors (Lipinski definition) is 2. The van der Waals surface area contributed by atoms with Crippen LogP contribution in [0, 0.1) is 6.92 Å². The Labute approximate surface area is 215 Å². The monoisotopic (exact) mass is 488 g/mol. The van der Waals surface area contributed by atoms with Crippen LogP contribution < -0.4 is 10.2 Å². The molecule has 0 aliphatic carbocycles. The fourth-order valence-electron chi connectivity index (χ4n) is 3.24. The number of amides is 1. The molecular formula is C29H48N2O2S. The second-order valence-electron chi connectivity index (χ2n) is 8.23. The summed E-state index contributed by atoms with van der Waals surface area (Å²) >= 11 is 4.66. The van der Waals surface area contributed by atoms with E-state index in [2.05, 4.69) is 88.3 Å². The van der Waals surface area contributed by atoms with Crippen molar-refractivity contribution in [3.8, 4) is 0 Å². The zero-order chi connectivity index (χ0) is 26.1. The van der Waals surface area contributed by atoms with E-state index in [0.717, 1.165) is 44.0 Å². The Hall–Kier alpha value is -1.98. The van der Waals surface area contributed by atoms with Gasteiger partial charge in [0.05, 0.1) is 18.9 Å². The van der Waals surface area contributed by atoms with Gasteiger partial charge in [0.15, 0.2) is 0 Å². The lowest BCUT2D eigenvalue weighted by Gasteiger charge is -2.30. The van der Waals surface area contributed by atoms with Crippen molar-refractivity contribution in [2.45, 2.75) is 79.5 Å². The number of allylic oxidation sites excluding steroid dienone is 3. The highest BCUT2D eigenvalue weighted by Gasteiger charge is 2.15. The molecule has 2 rings (SSSR count). The number of hydrogen-bond acceptors (Lipinski definition) is 4. The lowest BCUT2D eigenvalue weighted by atomic mass is 10.0. The normalized spacial score (nSPS) is 13.1. The summed E-state index contributed by atoms with van der Waals surface area (Å²) < 4.78 is 5.37. The molecule has 0 saturated carbocycles. The SMILES string of the molecule is C=C(CC)C(=O)NC/C(=C/C=C(C)C)CC.CC.CCc1ccc(N2CCOCC2)c(S)c1C. The molecule has 0 atom stereocenters. The largest absolute Gasteiger partial charge is 0.378 e. The molecule has 4 nitrogen and oxygen atoms in total. The van der Waals surface area contributed by atoms with Gasteiger partial charge >= 0.3 is 0 Å². The van der Waals surface area contributed by atoms with Crippen molar-refractivity contribution in [1.29, 1.82) is 0 Å². The van der Waals surface area contributed by atoms with Gasteiger partial charge in [-0.3, -0.25) is 4.79 Å². The maximum Gasteiger partial charge on any atom is 0.246 e. The van der Waals surface area contributed by atoms with Crippen molar-refractivity contribution in [2.24, 2.45) is 0 Å². The van der Waals surface area contributed by atoms with Gasteiger partial charge < -0.3 is 15.0 Å². The third-order valence-corrected chi connectivity index (χ3v) is 6.15. The van der Waals surface area contributed by atoms with Crippen LogP contribution in [0.3, 0.4) is 0 Å². The van der Waals surface area contributed by atoms with Crippen molar-refractivity contribution in [3.05, 3.63) is 58.7 Å². The molecule has 1 heterocycles. The lowest BCUT2D eigenvalue weighted by molar-refractivity contribution is -0.117. The highest BCUT2D eigenvalue weighted by molar-refractivity contribution is 7.80. The van der Waals surface area contributed by atoms with E-state index in [9.17, 15) is 4.79 Å². The third kappa shape index (κ3) is 11.4. The molecule has 34 heavy (non-hydrogen) atoms. The molecule has 0 radical (unpaired) electrons. The average Bonchev–Trinajstić information content (AvgIpc) is 2.87. The predicted molar refractivity (Wildman–Crippen MR) is 152 cm³/mol. The van der Waals surface area contributed by atoms with Gasteiger partial charge in [-0.2, -0.15) is 0 Å². The number of carbonyl (C=O) groups is 1. The number of morpholine rings is 1. The topological polar surface area (TPSA) is 41.6 Å². The van der Waals surface area contributed by atoms with Crippen LogP contribution >= 0.6 is 12.6 Å². The average molecular weight is 489 g/mol. The van der Waals surface area contributed by atoms with Crippen LogP contribution in [0.25, 0.3) is 0 Å². The van der Waals surface area contributed by atoms with Gasteiger partial charge in [-0.25, -0.2) is 0 Å². The van der Waals surface area contributed by atoms with E-state index in [-0.39, 0.29) is 5.91 Å². The summed E-state index contributed by atoms with van der Waals surface area (Å²) in [4.78, 5) is 15.0. The van der Waals surface area contributed by atoms with Crippen molar-refractivity contribution < 1.29 is 9.53 Å². The summed E-state index contributed by atoms with van der Waals surface area (Å²) in [6.07, 6.45) is 6.86. The number of anilines is 1. The van der Waals surface area contributed by atoms with Crippen molar-refractivity contribution in [3.63, 3.8) is 0 Å². The minimum absolute atomic E-state index is 0.0425.